The van der Waals surface area contributed by atoms with Crippen molar-refractivity contribution < 1.29 is 9.21 Å². The SMILES string of the molecule is CC(NC(=O)c1ccoc1)c1ccc(Cl)c(Cl)c1. The summed E-state index contributed by atoms with van der Waals surface area (Å²) in [7, 11) is 0. The Morgan fingerprint density at radius 1 is 1.28 bits per heavy atom. The van der Waals surface area contributed by atoms with Crippen molar-refractivity contribution in [2.75, 3.05) is 0 Å². The predicted molar refractivity (Wildman–Crippen MR) is 71.1 cm³/mol. The van der Waals surface area contributed by atoms with E-state index in [0.29, 0.717) is 15.6 Å². The Morgan fingerprint density at radius 2 is 2.06 bits per heavy atom. The zero-order chi connectivity index (χ0) is 13.1. The molecule has 0 aliphatic carbocycles. The van der Waals surface area contributed by atoms with Crippen LogP contribution in [0.1, 0.15) is 28.9 Å². The number of furan rings is 1. The minimum Gasteiger partial charge on any atom is -0.472 e. The molecule has 1 aromatic carbocycles. The first kappa shape index (κ1) is 13.0. The van der Waals surface area contributed by atoms with E-state index in [-0.39, 0.29) is 11.9 Å². The molecule has 1 atom stereocenters. The van der Waals surface area contributed by atoms with Crippen molar-refractivity contribution in [1.82, 2.24) is 5.32 Å². The molecule has 3 nitrogen and oxygen atoms in total. The summed E-state index contributed by atoms with van der Waals surface area (Å²) in [4.78, 5) is 11.8. The van der Waals surface area contributed by atoms with Crippen LogP contribution in [-0.4, -0.2) is 5.91 Å². The highest BCUT2D eigenvalue weighted by molar-refractivity contribution is 6.42. The Balaban J connectivity index is 2.10. The molecular formula is C13H11Cl2NO2. The van der Waals surface area contributed by atoms with Gasteiger partial charge in [0.05, 0.1) is 27.9 Å². The molecule has 94 valence electrons. The molecule has 2 rings (SSSR count). The first-order chi connectivity index (χ1) is 8.58. The summed E-state index contributed by atoms with van der Waals surface area (Å²) >= 11 is 11.8. The van der Waals surface area contributed by atoms with Crippen LogP contribution in [0.5, 0.6) is 0 Å². The molecule has 0 spiro atoms. The third-order valence-electron chi connectivity index (χ3n) is 2.57. The van der Waals surface area contributed by atoms with Gasteiger partial charge in [0.1, 0.15) is 6.26 Å². The van der Waals surface area contributed by atoms with Crippen LogP contribution in [0.2, 0.25) is 10.0 Å². The van der Waals surface area contributed by atoms with Gasteiger partial charge in [-0.2, -0.15) is 0 Å². The second-order valence-corrected chi connectivity index (χ2v) is 4.70. The molecule has 0 aliphatic heterocycles. The van der Waals surface area contributed by atoms with Gasteiger partial charge in [0.15, 0.2) is 0 Å². The molecule has 1 unspecified atom stereocenters. The van der Waals surface area contributed by atoms with Crippen LogP contribution in [0.4, 0.5) is 0 Å². The predicted octanol–water partition coefficient (Wildman–Crippen LogP) is 4.08. The quantitative estimate of drug-likeness (QED) is 0.922. The lowest BCUT2D eigenvalue weighted by atomic mass is 10.1. The Labute approximate surface area is 115 Å². The lowest BCUT2D eigenvalue weighted by Gasteiger charge is -2.14. The second-order valence-electron chi connectivity index (χ2n) is 3.88. The topological polar surface area (TPSA) is 42.2 Å². The zero-order valence-electron chi connectivity index (χ0n) is 9.61. The smallest absolute Gasteiger partial charge is 0.255 e. The first-order valence-corrected chi connectivity index (χ1v) is 6.11. The molecular weight excluding hydrogens is 273 g/mol. The largest absolute Gasteiger partial charge is 0.472 e. The molecule has 1 aromatic heterocycles. The van der Waals surface area contributed by atoms with E-state index in [1.54, 1.807) is 18.2 Å². The summed E-state index contributed by atoms with van der Waals surface area (Å²) in [5.41, 5.74) is 1.38. The van der Waals surface area contributed by atoms with E-state index in [1.165, 1.54) is 12.5 Å². The van der Waals surface area contributed by atoms with Crippen molar-refractivity contribution in [3.63, 3.8) is 0 Å². The Hall–Kier alpha value is -1.45. The number of hydrogen-bond donors (Lipinski definition) is 1. The maximum absolute atomic E-state index is 11.8. The van der Waals surface area contributed by atoms with E-state index in [4.69, 9.17) is 27.6 Å². The van der Waals surface area contributed by atoms with E-state index < -0.39 is 0 Å². The van der Waals surface area contributed by atoms with E-state index >= 15 is 0 Å². The molecule has 0 saturated carbocycles. The van der Waals surface area contributed by atoms with Crippen molar-refractivity contribution in [2.24, 2.45) is 0 Å². The number of carbonyl (C=O) groups is 1. The fourth-order valence-corrected chi connectivity index (χ4v) is 1.85. The monoisotopic (exact) mass is 283 g/mol. The summed E-state index contributed by atoms with van der Waals surface area (Å²) in [5.74, 6) is -0.192. The van der Waals surface area contributed by atoms with Crippen LogP contribution in [0.25, 0.3) is 0 Å². The third-order valence-corrected chi connectivity index (χ3v) is 3.31. The molecule has 0 radical (unpaired) electrons. The van der Waals surface area contributed by atoms with Gasteiger partial charge in [-0.3, -0.25) is 4.79 Å². The number of hydrogen-bond acceptors (Lipinski definition) is 2. The Kier molecular flexibility index (Phi) is 3.94. The van der Waals surface area contributed by atoms with Gasteiger partial charge in [0.25, 0.3) is 5.91 Å². The number of rotatable bonds is 3. The van der Waals surface area contributed by atoms with E-state index in [0.717, 1.165) is 5.56 Å². The van der Waals surface area contributed by atoms with Crippen molar-refractivity contribution in [3.8, 4) is 0 Å². The summed E-state index contributed by atoms with van der Waals surface area (Å²) < 4.78 is 4.86. The number of benzene rings is 1. The van der Waals surface area contributed by atoms with Gasteiger partial charge in [-0.05, 0) is 30.7 Å². The molecule has 0 aliphatic rings. The van der Waals surface area contributed by atoms with Gasteiger partial charge in [0, 0.05) is 0 Å². The molecule has 5 heteroatoms. The first-order valence-electron chi connectivity index (χ1n) is 5.36. The third kappa shape index (κ3) is 2.86. The molecule has 18 heavy (non-hydrogen) atoms. The zero-order valence-corrected chi connectivity index (χ0v) is 11.1. The standard InChI is InChI=1S/C13H11Cl2NO2/c1-8(9-2-3-11(14)12(15)6-9)16-13(17)10-4-5-18-7-10/h2-8H,1H3,(H,16,17). The van der Waals surface area contributed by atoms with Crippen molar-refractivity contribution >= 4 is 29.1 Å². The lowest BCUT2D eigenvalue weighted by molar-refractivity contribution is 0.0939. The molecule has 1 N–H and O–H groups in total. The van der Waals surface area contributed by atoms with Crippen LogP contribution < -0.4 is 5.32 Å². The molecule has 1 amide bonds. The highest BCUT2D eigenvalue weighted by Gasteiger charge is 2.13. The summed E-state index contributed by atoms with van der Waals surface area (Å²) in [6.45, 7) is 1.87. The average molecular weight is 284 g/mol. The summed E-state index contributed by atoms with van der Waals surface area (Å²) in [6, 6.07) is 6.72. The average Bonchev–Trinajstić information content (AvgIpc) is 2.86. The van der Waals surface area contributed by atoms with E-state index in [1.807, 2.05) is 13.0 Å². The fraction of sp³-hybridized carbons (Fsp3) is 0.154. The van der Waals surface area contributed by atoms with Crippen molar-refractivity contribution in [3.05, 3.63) is 58.0 Å². The second kappa shape index (κ2) is 5.46. The number of halogens is 2. The maximum Gasteiger partial charge on any atom is 0.255 e. The highest BCUT2D eigenvalue weighted by Crippen LogP contribution is 2.25. The van der Waals surface area contributed by atoms with Crippen molar-refractivity contribution in [2.45, 2.75) is 13.0 Å². The number of carbonyl (C=O) groups excluding carboxylic acids is 1. The van der Waals surface area contributed by atoms with Gasteiger partial charge >= 0.3 is 0 Å². The van der Waals surface area contributed by atoms with Gasteiger partial charge < -0.3 is 9.73 Å². The minimum absolute atomic E-state index is 0.165. The number of nitrogens with one attached hydrogen (secondary N) is 1. The van der Waals surface area contributed by atoms with Crippen LogP contribution in [0.15, 0.2) is 41.2 Å². The normalized spacial score (nSPS) is 12.2. The molecule has 0 fully saturated rings. The molecule has 2 aromatic rings. The van der Waals surface area contributed by atoms with Crippen LogP contribution in [0, 0.1) is 0 Å². The van der Waals surface area contributed by atoms with Crippen LogP contribution >= 0.6 is 23.2 Å². The minimum atomic E-state index is -0.192. The summed E-state index contributed by atoms with van der Waals surface area (Å²) in [6.07, 6.45) is 2.86. The number of amides is 1. The lowest BCUT2D eigenvalue weighted by Crippen LogP contribution is -2.26. The van der Waals surface area contributed by atoms with Crippen LogP contribution in [0.3, 0.4) is 0 Å². The van der Waals surface area contributed by atoms with Crippen molar-refractivity contribution in [1.29, 1.82) is 0 Å². The van der Waals surface area contributed by atoms with Gasteiger partial charge in [-0.25, -0.2) is 0 Å². The molecule has 0 bridgehead atoms. The fourth-order valence-electron chi connectivity index (χ4n) is 1.54. The van der Waals surface area contributed by atoms with Gasteiger partial charge in [-0.15, -0.1) is 0 Å². The van der Waals surface area contributed by atoms with Crippen LogP contribution in [-0.2, 0) is 0 Å². The maximum atomic E-state index is 11.8. The highest BCUT2D eigenvalue weighted by atomic mass is 35.5. The van der Waals surface area contributed by atoms with E-state index in [9.17, 15) is 4.79 Å². The Morgan fingerprint density at radius 3 is 2.67 bits per heavy atom. The van der Waals surface area contributed by atoms with Gasteiger partial charge in [-0.1, -0.05) is 29.3 Å². The molecule has 1 heterocycles. The summed E-state index contributed by atoms with van der Waals surface area (Å²) in [5, 5.41) is 3.81. The van der Waals surface area contributed by atoms with E-state index in [2.05, 4.69) is 5.32 Å². The molecule has 0 saturated heterocycles. The van der Waals surface area contributed by atoms with Gasteiger partial charge in [0.2, 0.25) is 0 Å². The Bertz CT molecular complexity index is 552.